The van der Waals surface area contributed by atoms with Crippen molar-refractivity contribution >= 4 is 17.2 Å². The van der Waals surface area contributed by atoms with E-state index in [1.165, 1.54) is 9.75 Å². The summed E-state index contributed by atoms with van der Waals surface area (Å²) in [6.45, 7) is 14.0. The molecule has 4 heterocycles. The monoisotopic (exact) mass is 438 g/mol. The molecule has 0 N–H and O–H groups in total. The van der Waals surface area contributed by atoms with E-state index in [1.54, 1.807) is 28.4 Å². The summed E-state index contributed by atoms with van der Waals surface area (Å²) in [5, 5.41) is 4.46. The molecule has 8 heteroatoms. The van der Waals surface area contributed by atoms with Gasteiger partial charge in [-0.2, -0.15) is 5.10 Å². The second-order valence-electron chi connectivity index (χ2n) is 8.04. The zero-order chi connectivity index (χ0) is 22.1. The molecule has 1 amide bonds. The lowest BCUT2D eigenvalue weighted by Gasteiger charge is -2.26. The Morgan fingerprint density at radius 2 is 2.03 bits per heavy atom. The molecule has 0 saturated carbocycles. The predicted octanol–water partition coefficient (Wildman–Crippen LogP) is 3.87. The largest absolute Gasteiger partial charge is 0.337 e. The van der Waals surface area contributed by atoms with E-state index >= 15 is 0 Å². The number of carbonyl (C=O) groups is 1. The molecular weight excluding hydrogens is 408 g/mol. The van der Waals surface area contributed by atoms with Gasteiger partial charge >= 0.3 is 0 Å². The number of thiophene rings is 1. The van der Waals surface area contributed by atoms with E-state index in [1.807, 2.05) is 17.9 Å². The molecule has 1 aliphatic rings. The summed E-state index contributed by atoms with van der Waals surface area (Å²) < 4.78 is 1.67. The molecule has 31 heavy (non-hydrogen) atoms. The van der Waals surface area contributed by atoms with E-state index in [4.69, 9.17) is 4.98 Å². The Labute approximate surface area is 187 Å². The Bertz CT molecular complexity index is 1080. The van der Waals surface area contributed by atoms with Gasteiger partial charge in [0.25, 0.3) is 11.9 Å². The quantitative estimate of drug-likeness (QED) is 0.584. The zero-order valence-electron chi connectivity index (χ0n) is 18.9. The van der Waals surface area contributed by atoms with Crippen LogP contribution in [0.2, 0.25) is 0 Å². The van der Waals surface area contributed by atoms with Gasteiger partial charge in [-0.15, -0.1) is 11.3 Å². The number of amides is 1. The fraction of sp³-hybridized carbons (Fsp3) is 0.478. The summed E-state index contributed by atoms with van der Waals surface area (Å²) >= 11 is 1.76. The minimum absolute atomic E-state index is 0.0406. The predicted molar refractivity (Wildman–Crippen MR) is 124 cm³/mol. The smallest absolute Gasteiger partial charge is 0.257 e. The summed E-state index contributed by atoms with van der Waals surface area (Å²) in [6, 6.07) is 4.50. The first-order valence-electron chi connectivity index (χ1n) is 10.9. The average molecular weight is 439 g/mol. The van der Waals surface area contributed by atoms with Crippen molar-refractivity contribution in [3.8, 4) is 17.2 Å². The van der Waals surface area contributed by atoms with Gasteiger partial charge in [-0.3, -0.25) is 9.69 Å². The number of hydrogen-bond donors (Lipinski definition) is 0. The molecule has 0 bridgehead atoms. The van der Waals surface area contributed by atoms with E-state index in [0.717, 1.165) is 49.6 Å². The Balaban J connectivity index is 1.57. The molecule has 3 aromatic rings. The molecule has 1 saturated heterocycles. The highest BCUT2D eigenvalue weighted by Crippen LogP contribution is 2.29. The Hall–Kier alpha value is -2.58. The zero-order valence-corrected chi connectivity index (χ0v) is 19.7. The van der Waals surface area contributed by atoms with Crippen LogP contribution < -0.4 is 0 Å². The van der Waals surface area contributed by atoms with Gasteiger partial charge in [0.05, 0.1) is 23.1 Å². The van der Waals surface area contributed by atoms with Crippen LogP contribution in [0.15, 0.2) is 24.5 Å². The van der Waals surface area contributed by atoms with Gasteiger partial charge in [-0.05, 0) is 52.4 Å². The van der Waals surface area contributed by atoms with Gasteiger partial charge in [0, 0.05) is 40.6 Å². The summed E-state index contributed by atoms with van der Waals surface area (Å²) in [7, 11) is 0. The third-order valence-electron chi connectivity index (χ3n) is 6.17. The molecule has 0 radical (unpaired) electrons. The number of hydrogen-bond acceptors (Lipinski definition) is 6. The van der Waals surface area contributed by atoms with Crippen molar-refractivity contribution in [1.29, 1.82) is 0 Å². The van der Waals surface area contributed by atoms with Crippen molar-refractivity contribution in [3.05, 3.63) is 45.5 Å². The molecule has 3 aromatic heterocycles. The molecule has 0 aliphatic carbocycles. The SMILES string of the molecule is CCN(CC)C1CCN(C(=O)c2cnn(-c3nccc(-c4cc(C)sc4C)n3)c2C)C1. The van der Waals surface area contributed by atoms with Crippen molar-refractivity contribution < 1.29 is 4.79 Å². The van der Waals surface area contributed by atoms with Gasteiger partial charge in [0.15, 0.2) is 0 Å². The van der Waals surface area contributed by atoms with Crippen LogP contribution in [0.5, 0.6) is 0 Å². The normalized spacial score (nSPS) is 16.5. The Morgan fingerprint density at radius 3 is 2.71 bits per heavy atom. The maximum Gasteiger partial charge on any atom is 0.257 e. The summed E-state index contributed by atoms with van der Waals surface area (Å²) in [5.74, 6) is 0.526. The van der Waals surface area contributed by atoms with Gasteiger partial charge in [0.2, 0.25) is 0 Å². The van der Waals surface area contributed by atoms with Crippen molar-refractivity contribution in [1.82, 2.24) is 29.5 Å². The molecule has 164 valence electrons. The summed E-state index contributed by atoms with van der Waals surface area (Å²) in [5.41, 5.74) is 3.38. The van der Waals surface area contributed by atoms with Gasteiger partial charge in [-0.25, -0.2) is 14.6 Å². The summed E-state index contributed by atoms with van der Waals surface area (Å²) in [6.07, 6.45) is 4.42. The third kappa shape index (κ3) is 4.14. The Kier molecular flexibility index (Phi) is 6.20. The van der Waals surface area contributed by atoms with Crippen LogP contribution in [-0.4, -0.2) is 67.7 Å². The molecule has 0 aromatic carbocycles. The molecule has 1 fully saturated rings. The molecule has 1 atom stereocenters. The van der Waals surface area contributed by atoms with Gasteiger partial charge < -0.3 is 4.90 Å². The van der Waals surface area contributed by atoms with E-state index in [2.05, 4.69) is 48.7 Å². The number of carbonyl (C=O) groups excluding carboxylic acids is 1. The van der Waals surface area contributed by atoms with Crippen molar-refractivity contribution in [2.75, 3.05) is 26.2 Å². The number of aromatic nitrogens is 4. The van der Waals surface area contributed by atoms with Crippen molar-refractivity contribution in [2.45, 2.75) is 47.1 Å². The van der Waals surface area contributed by atoms with Crippen LogP contribution in [0.3, 0.4) is 0 Å². The van der Waals surface area contributed by atoms with Crippen LogP contribution >= 0.6 is 11.3 Å². The molecule has 0 spiro atoms. The standard InChI is InChI=1S/C23H30N6OS/c1-6-27(7-2)18-9-11-28(14-18)22(30)20-13-25-29(16(20)4)23-24-10-8-21(26-23)19-12-15(3)31-17(19)5/h8,10,12-13,18H,6-7,9,11,14H2,1-5H3. The minimum atomic E-state index is 0.0406. The molecule has 7 nitrogen and oxygen atoms in total. The molecular formula is C23H30N6OS. The molecule has 1 unspecified atom stereocenters. The van der Waals surface area contributed by atoms with Gasteiger partial charge in [0.1, 0.15) is 0 Å². The number of rotatable bonds is 6. The van der Waals surface area contributed by atoms with Gasteiger partial charge in [-0.1, -0.05) is 13.8 Å². The second kappa shape index (κ2) is 8.88. The fourth-order valence-corrected chi connectivity index (χ4v) is 5.37. The van der Waals surface area contributed by atoms with E-state index in [9.17, 15) is 4.79 Å². The van der Waals surface area contributed by atoms with Crippen LogP contribution in [-0.2, 0) is 0 Å². The molecule has 4 rings (SSSR count). The number of aryl methyl sites for hydroxylation is 2. The lowest BCUT2D eigenvalue weighted by Crippen LogP contribution is -2.38. The third-order valence-corrected chi connectivity index (χ3v) is 7.13. The number of likely N-dealkylation sites (tertiary alicyclic amines) is 1. The number of likely N-dealkylation sites (N-methyl/N-ethyl adjacent to an activating group) is 1. The number of nitrogens with zero attached hydrogens (tertiary/aromatic N) is 6. The fourth-order valence-electron chi connectivity index (χ4n) is 4.44. The lowest BCUT2D eigenvalue weighted by atomic mass is 10.2. The maximum atomic E-state index is 13.2. The first kappa shape index (κ1) is 21.6. The van der Waals surface area contributed by atoms with Crippen LogP contribution in [0, 0.1) is 20.8 Å². The minimum Gasteiger partial charge on any atom is -0.337 e. The van der Waals surface area contributed by atoms with Crippen LogP contribution in [0.1, 0.15) is 46.1 Å². The first-order valence-corrected chi connectivity index (χ1v) is 11.7. The van der Waals surface area contributed by atoms with Crippen molar-refractivity contribution in [2.24, 2.45) is 0 Å². The average Bonchev–Trinajstić information content (AvgIpc) is 3.47. The maximum absolute atomic E-state index is 13.2. The van der Waals surface area contributed by atoms with Crippen LogP contribution in [0.4, 0.5) is 0 Å². The molecule has 1 aliphatic heterocycles. The summed E-state index contributed by atoms with van der Waals surface area (Å²) in [4.78, 5) is 29.2. The van der Waals surface area contributed by atoms with Crippen LogP contribution in [0.25, 0.3) is 17.2 Å². The highest BCUT2D eigenvalue weighted by Gasteiger charge is 2.31. The highest BCUT2D eigenvalue weighted by molar-refractivity contribution is 7.12. The van der Waals surface area contributed by atoms with Crippen molar-refractivity contribution in [3.63, 3.8) is 0 Å². The lowest BCUT2D eigenvalue weighted by molar-refractivity contribution is 0.0777. The topological polar surface area (TPSA) is 67.2 Å². The van der Waals surface area contributed by atoms with E-state index in [0.29, 0.717) is 17.6 Å². The first-order chi connectivity index (χ1) is 14.9. The second-order valence-corrected chi connectivity index (χ2v) is 9.50. The van der Waals surface area contributed by atoms with E-state index < -0.39 is 0 Å². The highest BCUT2D eigenvalue weighted by atomic mass is 32.1. The Morgan fingerprint density at radius 1 is 1.26 bits per heavy atom. The van der Waals surface area contributed by atoms with E-state index in [-0.39, 0.29) is 5.91 Å².